The van der Waals surface area contributed by atoms with E-state index in [1.165, 1.54) is 22.2 Å². The first-order valence-corrected chi connectivity index (χ1v) is 11.3. The van der Waals surface area contributed by atoms with Gasteiger partial charge in [0.2, 0.25) is 0 Å². The molecule has 2 aliphatic rings. The van der Waals surface area contributed by atoms with Crippen LogP contribution in [0, 0.1) is 17.2 Å². The minimum atomic E-state index is 0.0995. The van der Waals surface area contributed by atoms with E-state index >= 15 is 0 Å². The third-order valence-corrected chi connectivity index (χ3v) is 6.91. The number of H-pyrrole nitrogens is 2. The molecule has 4 heterocycles. The number of rotatable bonds is 3. The van der Waals surface area contributed by atoms with Gasteiger partial charge in [0.05, 0.1) is 35.6 Å². The van der Waals surface area contributed by atoms with Crippen LogP contribution in [0.25, 0.3) is 22.2 Å². The molecule has 2 aromatic heterocycles. The fourth-order valence-electron chi connectivity index (χ4n) is 5.28. The van der Waals surface area contributed by atoms with Crippen molar-refractivity contribution in [3.05, 3.63) is 77.4 Å². The van der Waals surface area contributed by atoms with Crippen molar-refractivity contribution in [3.63, 3.8) is 0 Å². The SMILES string of the molecule is N#Cc1cccc(-c2cnc([C@H]3Cc4c([nH]c5ccccc45)[C@@H](C4CCOCC4)N3)[nH]2)c1. The molecule has 1 fully saturated rings. The Morgan fingerprint density at radius 2 is 1.91 bits per heavy atom. The molecule has 2 aromatic carbocycles. The van der Waals surface area contributed by atoms with Crippen molar-refractivity contribution in [1.29, 1.82) is 5.26 Å². The summed E-state index contributed by atoms with van der Waals surface area (Å²) in [6.07, 6.45) is 4.87. The van der Waals surface area contributed by atoms with E-state index in [-0.39, 0.29) is 12.1 Å². The van der Waals surface area contributed by atoms with Gasteiger partial charge in [0, 0.05) is 35.4 Å². The van der Waals surface area contributed by atoms with Crippen molar-refractivity contribution < 1.29 is 4.74 Å². The Hall–Kier alpha value is -3.40. The number of hydrogen-bond acceptors (Lipinski definition) is 4. The number of nitriles is 1. The summed E-state index contributed by atoms with van der Waals surface area (Å²) in [4.78, 5) is 12.0. The highest BCUT2D eigenvalue weighted by atomic mass is 16.5. The summed E-state index contributed by atoms with van der Waals surface area (Å²) < 4.78 is 5.64. The van der Waals surface area contributed by atoms with Gasteiger partial charge >= 0.3 is 0 Å². The summed E-state index contributed by atoms with van der Waals surface area (Å²) in [6.45, 7) is 1.65. The molecule has 4 aromatic rings. The van der Waals surface area contributed by atoms with Gasteiger partial charge in [-0.15, -0.1) is 0 Å². The predicted molar refractivity (Wildman–Crippen MR) is 123 cm³/mol. The number of aromatic amines is 2. The highest BCUT2D eigenvalue weighted by Gasteiger charge is 2.36. The fourth-order valence-corrected chi connectivity index (χ4v) is 5.28. The smallest absolute Gasteiger partial charge is 0.124 e. The van der Waals surface area contributed by atoms with Gasteiger partial charge in [-0.25, -0.2) is 4.98 Å². The average Bonchev–Trinajstić information content (AvgIpc) is 3.49. The molecule has 6 nitrogen and oxygen atoms in total. The monoisotopic (exact) mass is 423 g/mol. The van der Waals surface area contributed by atoms with Crippen LogP contribution in [0.2, 0.25) is 0 Å². The molecule has 2 atom stereocenters. The quantitative estimate of drug-likeness (QED) is 0.442. The van der Waals surface area contributed by atoms with Gasteiger partial charge in [0.15, 0.2) is 0 Å². The number of fused-ring (bicyclic) bond motifs is 3. The number of benzene rings is 2. The van der Waals surface area contributed by atoms with E-state index in [0.29, 0.717) is 11.5 Å². The van der Waals surface area contributed by atoms with Crippen LogP contribution in [0.5, 0.6) is 0 Å². The topological polar surface area (TPSA) is 89.5 Å². The lowest BCUT2D eigenvalue weighted by Crippen LogP contribution is -2.39. The molecule has 0 amide bonds. The second kappa shape index (κ2) is 7.94. The number of para-hydroxylation sites is 1. The lowest BCUT2D eigenvalue weighted by Gasteiger charge is -2.37. The van der Waals surface area contributed by atoms with Crippen LogP contribution >= 0.6 is 0 Å². The number of imidazole rings is 1. The van der Waals surface area contributed by atoms with Crippen molar-refractivity contribution in [3.8, 4) is 17.3 Å². The summed E-state index contributed by atoms with van der Waals surface area (Å²) in [7, 11) is 0. The van der Waals surface area contributed by atoms with Crippen molar-refractivity contribution >= 4 is 10.9 Å². The predicted octanol–water partition coefficient (Wildman–Crippen LogP) is 4.78. The summed E-state index contributed by atoms with van der Waals surface area (Å²) in [5, 5.41) is 14.4. The minimum absolute atomic E-state index is 0.0995. The Bertz CT molecular complexity index is 1310. The number of hydrogen-bond donors (Lipinski definition) is 3. The van der Waals surface area contributed by atoms with Gasteiger partial charge in [-0.1, -0.05) is 30.3 Å². The van der Waals surface area contributed by atoms with E-state index in [1.54, 1.807) is 0 Å². The van der Waals surface area contributed by atoms with Gasteiger partial charge in [-0.3, -0.25) is 5.32 Å². The second-order valence-corrected chi connectivity index (χ2v) is 8.79. The molecule has 0 saturated carbocycles. The molecule has 6 rings (SSSR count). The molecule has 0 aliphatic carbocycles. The van der Waals surface area contributed by atoms with Crippen LogP contribution in [0.1, 0.15) is 47.6 Å². The van der Waals surface area contributed by atoms with Crippen LogP contribution in [-0.4, -0.2) is 28.2 Å². The zero-order valence-corrected chi connectivity index (χ0v) is 17.8. The molecule has 32 heavy (non-hydrogen) atoms. The van der Waals surface area contributed by atoms with Gasteiger partial charge in [0.25, 0.3) is 0 Å². The van der Waals surface area contributed by atoms with Crippen molar-refractivity contribution in [2.45, 2.75) is 31.3 Å². The molecule has 0 bridgehead atoms. The zero-order valence-electron chi connectivity index (χ0n) is 17.8. The summed E-state index contributed by atoms with van der Waals surface area (Å²) in [6, 6.07) is 18.8. The Kier molecular flexibility index (Phi) is 4.79. The average molecular weight is 424 g/mol. The first-order chi connectivity index (χ1) is 15.8. The molecular formula is C26H25N5O. The van der Waals surface area contributed by atoms with E-state index in [1.807, 2.05) is 30.5 Å². The van der Waals surface area contributed by atoms with Gasteiger partial charge < -0.3 is 14.7 Å². The summed E-state index contributed by atoms with van der Waals surface area (Å²) in [5.74, 6) is 1.47. The Labute approximate surface area is 186 Å². The van der Waals surface area contributed by atoms with Crippen LogP contribution in [-0.2, 0) is 11.2 Å². The largest absolute Gasteiger partial charge is 0.381 e. The third kappa shape index (κ3) is 3.31. The van der Waals surface area contributed by atoms with E-state index in [2.05, 4.69) is 45.6 Å². The van der Waals surface area contributed by atoms with Crippen molar-refractivity contribution in [2.24, 2.45) is 5.92 Å². The molecule has 2 aliphatic heterocycles. The number of nitrogens with one attached hydrogen (secondary N) is 3. The molecule has 0 radical (unpaired) electrons. The molecular weight excluding hydrogens is 398 g/mol. The van der Waals surface area contributed by atoms with Crippen molar-refractivity contribution in [1.82, 2.24) is 20.3 Å². The third-order valence-electron chi connectivity index (χ3n) is 6.91. The number of ether oxygens (including phenoxy) is 1. The molecule has 0 unspecified atom stereocenters. The van der Waals surface area contributed by atoms with Crippen molar-refractivity contribution in [2.75, 3.05) is 13.2 Å². The Morgan fingerprint density at radius 3 is 2.78 bits per heavy atom. The van der Waals surface area contributed by atoms with Crippen LogP contribution in [0.4, 0.5) is 0 Å². The Morgan fingerprint density at radius 1 is 1.03 bits per heavy atom. The number of nitrogens with zero attached hydrogens (tertiary/aromatic N) is 2. The lowest BCUT2D eigenvalue weighted by molar-refractivity contribution is 0.0497. The first kappa shape index (κ1) is 19.3. The van der Waals surface area contributed by atoms with Gasteiger partial charge in [-0.2, -0.15) is 5.26 Å². The second-order valence-electron chi connectivity index (χ2n) is 8.79. The molecule has 1 saturated heterocycles. The van der Waals surface area contributed by atoms with E-state index in [9.17, 15) is 5.26 Å². The molecule has 160 valence electrons. The summed E-state index contributed by atoms with van der Waals surface area (Å²) in [5.41, 5.74) is 6.48. The Balaban J connectivity index is 1.38. The zero-order chi connectivity index (χ0) is 21.5. The van der Waals surface area contributed by atoms with Crippen LogP contribution < -0.4 is 5.32 Å². The van der Waals surface area contributed by atoms with E-state index < -0.39 is 0 Å². The first-order valence-electron chi connectivity index (χ1n) is 11.3. The maximum atomic E-state index is 9.23. The lowest BCUT2D eigenvalue weighted by atomic mass is 9.83. The summed E-state index contributed by atoms with van der Waals surface area (Å²) >= 11 is 0. The number of aromatic nitrogens is 3. The van der Waals surface area contributed by atoms with E-state index in [0.717, 1.165) is 49.6 Å². The highest BCUT2D eigenvalue weighted by Crippen LogP contribution is 2.41. The standard InChI is InChI=1S/C26H25N5O/c27-14-16-4-3-5-18(12-16)23-15-28-26(31-23)22-13-20-19-6-1-2-7-21(19)29-25(20)24(30-22)17-8-10-32-11-9-17/h1-7,12,15,17,22,24,29-30H,8-11,13H2,(H,28,31)/t22-,24-/m1/s1. The van der Waals surface area contributed by atoms with E-state index in [4.69, 9.17) is 9.72 Å². The fraction of sp³-hybridized carbons (Fsp3) is 0.308. The maximum absolute atomic E-state index is 9.23. The maximum Gasteiger partial charge on any atom is 0.124 e. The highest BCUT2D eigenvalue weighted by molar-refractivity contribution is 5.85. The van der Waals surface area contributed by atoms with Gasteiger partial charge in [-0.05, 0) is 48.9 Å². The van der Waals surface area contributed by atoms with Crippen LogP contribution in [0.15, 0.2) is 54.7 Å². The molecule has 6 heteroatoms. The van der Waals surface area contributed by atoms with Gasteiger partial charge in [0.1, 0.15) is 5.82 Å². The van der Waals surface area contributed by atoms with Crippen LogP contribution in [0.3, 0.4) is 0 Å². The minimum Gasteiger partial charge on any atom is -0.381 e. The molecule has 3 N–H and O–H groups in total. The molecule has 0 spiro atoms. The normalized spacial score (nSPS) is 21.3.